The molecule has 2 amide bonds. The van der Waals surface area contributed by atoms with Crippen molar-refractivity contribution in [2.75, 3.05) is 29.3 Å². The first-order valence-electron chi connectivity index (χ1n) is 12.1. The maximum atomic E-state index is 13.9. The molecule has 0 fully saturated rings. The van der Waals surface area contributed by atoms with Crippen LogP contribution >= 0.6 is 0 Å². The van der Waals surface area contributed by atoms with E-state index in [0.29, 0.717) is 13.8 Å². The Bertz CT molecular complexity index is 1380. The Hall–Kier alpha value is -3.83. The molecule has 41 heavy (non-hydrogen) atoms. The summed E-state index contributed by atoms with van der Waals surface area (Å²) in [6.07, 6.45) is -9.07. The monoisotopic (exact) mass is 613 g/mol. The molecule has 1 aliphatic rings. The van der Waals surface area contributed by atoms with E-state index in [0.717, 1.165) is 16.6 Å². The third-order valence-electron chi connectivity index (χ3n) is 5.68. The number of fused-ring (bicyclic) bond motifs is 1. The molecule has 1 aliphatic heterocycles. The normalized spacial score (nSPS) is 15.7. The Balaban J connectivity index is 2.02. The third kappa shape index (κ3) is 7.47. The molecular formula is C23H28F5N5O7S. The largest absolute Gasteiger partial charge is 0.484 e. The van der Waals surface area contributed by atoms with E-state index in [-0.39, 0.29) is 30.2 Å². The van der Waals surface area contributed by atoms with Crippen molar-refractivity contribution in [3.05, 3.63) is 24.4 Å². The molecule has 0 spiro atoms. The predicted molar refractivity (Wildman–Crippen MR) is 134 cm³/mol. The van der Waals surface area contributed by atoms with Gasteiger partial charge in [0.1, 0.15) is 11.9 Å². The van der Waals surface area contributed by atoms with Crippen LogP contribution in [0.1, 0.15) is 27.7 Å². The highest BCUT2D eigenvalue weighted by atomic mass is 32.2. The minimum absolute atomic E-state index is 0.0253. The Labute approximate surface area is 231 Å². The molecule has 1 aromatic heterocycles. The number of aryl methyl sites for hydroxylation is 1. The average molecular weight is 614 g/mol. The van der Waals surface area contributed by atoms with Crippen LogP contribution in [0.25, 0.3) is 0 Å². The lowest BCUT2D eigenvalue weighted by molar-refractivity contribution is -0.242. The van der Waals surface area contributed by atoms with Gasteiger partial charge in [-0.25, -0.2) is 22.0 Å². The number of halogens is 5. The number of aromatic nitrogens is 2. The molecule has 2 aromatic rings. The molecule has 1 atom stereocenters. The molecule has 0 saturated heterocycles. The number of carbonyl (C=O) groups is 2. The van der Waals surface area contributed by atoms with Gasteiger partial charge >= 0.3 is 12.3 Å². The molecule has 12 nitrogen and oxygen atoms in total. The topological polar surface area (TPSA) is 141 Å². The van der Waals surface area contributed by atoms with Crippen molar-refractivity contribution in [2.45, 2.75) is 63.4 Å². The lowest BCUT2D eigenvalue weighted by Gasteiger charge is -2.35. The zero-order valence-electron chi connectivity index (χ0n) is 22.3. The number of nitrogens with zero attached hydrogens (tertiary/aromatic N) is 3. The van der Waals surface area contributed by atoms with Gasteiger partial charge in [0, 0.05) is 25.4 Å². The highest BCUT2D eigenvalue weighted by Crippen LogP contribution is 2.40. The SMILES string of the molecule is CCn1cc(S(=O)(=O)N2C[C@H](CNC(C)=O)Oc3ccc(NC(=O)OC(C)(C)C(F)(F)F)cc32)c(OCC(F)F)n1. The van der Waals surface area contributed by atoms with E-state index >= 15 is 0 Å². The van der Waals surface area contributed by atoms with Crippen LogP contribution in [0, 0.1) is 0 Å². The summed E-state index contributed by atoms with van der Waals surface area (Å²) in [5.74, 6) is -1.02. The molecular weight excluding hydrogens is 585 g/mol. The van der Waals surface area contributed by atoms with Crippen molar-refractivity contribution in [3.63, 3.8) is 0 Å². The molecule has 0 radical (unpaired) electrons. The molecule has 0 unspecified atom stereocenters. The number of rotatable bonds is 10. The second kappa shape index (κ2) is 12.0. The van der Waals surface area contributed by atoms with Crippen molar-refractivity contribution >= 4 is 33.4 Å². The number of carbonyl (C=O) groups excluding carboxylic acids is 2. The zero-order chi connectivity index (χ0) is 30.8. The first kappa shape index (κ1) is 31.7. The number of benzene rings is 1. The van der Waals surface area contributed by atoms with E-state index < -0.39 is 70.3 Å². The standard InChI is InChI=1S/C23H28F5N5O7S/c1-5-32-11-18(20(31-32)38-12-19(24)25)41(36,37)33-10-15(9-29-13(2)34)39-17-7-6-14(8-16(17)33)30-21(35)40-22(3,4)23(26,27)28/h6-8,11,15,19H,5,9-10,12H2,1-4H3,(H,29,34)(H,30,35)/t15-/m0/s1. The molecule has 18 heteroatoms. The van der Waals surface area contributed by atoms with E-state index in [9.17, 15) is 40.0 Å². The highest BCUT2D eigenvalue weighted by Gasteiger charge is 2.51. The minimum Gasteiger partial charge on any atom is -0.484 e. The molecule has 1 aromatic carbocycles. The van der Waals surface area contributed by atoms with E-state index in [1.165, 1.54) is 23.7 Å². The number of alkyl halides is 5. The second-order valence-electron chi connectivity index (χ2n) is 9.27. The number of sulfonamides is 1. The van der Waals surface area contributed by atoms with Crippen LogP contribution < -0.4 is 24.4 Å². The van der Waals surface area contributed by atoms with Gasteiger partial charge in [-0.05, 0) is 39.0 Å². The number of anilines is 2. The van der Waals surface area contributed by atoms with Crippen molar-refractivity contribution < 1.29 is 54.2 Å². The van der Waals surface area contributed by atoms with Crippen LogP contribution in [0.3, 0.4) is 0 Å². The lowest BCUT2D eigenvalue weighted by Crippen LogP contribution is -2.48. The van der Waals surface area contributed by atoms with Crippen LogP contribution in [-0.4, -0.2) is 74.2 Å². The van der Waals surface area contributed by atoms with Crippen LogP contribution in [0.2, 0.25) is 0 Å². The fourth-order valence-electron chi connectivity index (χ4n) is 3.50. The molecule has 0 aliphatic carbocycles. The Morgan fingerprint density at radius 1 is 1.24 bits per heavy atom. The van der Waals surface area contributed by atoms with E-state index in [1.54, 1.807) is 6.92 Å². The number of ether oxygens (including phenoxy) is 3. The van der Waals surface area contributed by atoms with E-state index in [1.807, 2.05) is 0 Å². The van der Waals surface area contributed by atoms with Gasteiger partial charge in [0.15, 0.2) is 11.5 Å². The summed E-state index contributed by atoms with van der Waals surface area (Å²) in [6, 6.07) is 3.61. The third-order valence-corrected chi connectivity index (χ3v) is 7.44. The number of hydrogen-bond donors (Lipinski definition) is 2. The highest BCUT2D eigenvalue weighted by molar-refractivity contribution is 7.93. The Morgan fingerprint density at radius 2 is 1.93 bits per heavy atom. The van der Waals surface area contributed by atoms with Crippen LogP contribution in [0.5, 0.6) is 11.6 Å². The van der Waals surface area contributed by atoms with Gasteiger partial charge in [-0.3, -0.25) is 19.1 Å². The van der Waals surface area contributed by atoms with Gasteiger partial charge in [0.2, 0.25) is 11.5 Å². The first-order chi connectivity index (χ1) is 18.9. The number of nitrogens with one attached hydrogen (secondary N) is 2. The molecule has 0 bridgehead atoms. The van der Waals surface area contributed by atoms with Crippen molar-refractivity contribution in [1.29, 1.82) is 0 Å². The second-order valence-corrected chi connectivity index (χ2v) is 11.1. The molecule has 0 saturated carbocycles. The Morgan fingerprint density at radius 3 is 2.51 bits per heavy atom. The smallest absolute Gasteiger partial charge is 0.427 e. The summed E-state index contributed by atoms with van der Waals surface area (Å²) in [5, 5.41) is 8.54. The molecule has 3 rings (SSSR count). The summed E-state index contributed by atoms with van der Waals surface area (Å²) in [6.45, 7) is 2.73. The minimum atomic E-state index is -4.87. The van der Waals surface area contributed by atoms with Gasteiger partial charge in [0.25, 0.3) is 22.3 Å². The number of amides is 2. The average Bonchev–Trinajstić information content (AvgIpc) is 3.29. The van der Waals surface area contributed by atoms with Gasteiger partial charge in [-0.15, -0.1) is 5.10 Å². The predicted octanol–water partition coefficient (Wildman–Crippen LogP) is 3.53. The Kier molecular flexibility index (Phi) is 9.24. The summed E-state index contributed by atoms with van der Waals surface area (Å²) < 4.78 is 110. The van der Waals surface area contributed by atoms with Gasteiger partial charge in [0.05, 0.1) is 18.8 Å². The summed E-state index contributed by atoms with van der Waals surface area (Å²) >= 11 is 0. The molecule has 2 heterocycles. The quantitative estimate of drug-likeness (QED) is 0.388. The summed E-state index contributed by atoms with van der Waals surface area (Å²) in [7, 11) is -4.61. The van der Waals surface area contributed by atoms with Crippen molar-refractivity contribution in [2.24, 2.45) is 0 Å². The van der Waals surface area contributed by atoms with Gasteiger partial charge in [-0.2, -0.15) is 13.2 Å². The van der Waals surface area contributed by atoms with Crippen LogP contribution in [-0.2, 0) is 26.1 Å². The fourth-order valence-corrected chi connectivity index (χ4v) is 5.08. The molecule has 228 valence electrons. The van der Waals surface area contributed by atoms with Gasteiger partial charge < -0.3 is 19.5 Å². The fraction of sp³-hybridized carbons (Fsp3) is 0.522. The zero-order valence-corrected chi connectivity index (χ0v) is 23.1. The van der Waals surface area contributed by atoms with Crippen LogP contribution in [0.4, 0.5) is 38.1 Å². The number of hydrogen-bond acceptors (Lipinski definition) is 8. The van der Waals surface area contributed by atoms with Crippen molar-refractivity contribution in [3.8, 4) is 11.6 Å². The van der Waals surface area contributed by atoms with Gasteiger partial charge in [-0.1, -0.05) is 0 Å². The van der Waals surface area contributed by atoms with E-state index in [4.69, 9.17) is 9.47 Å². The van der Waals surface area contributed by atoms with Crippen molar-refractivity contribution in [1.82, 2.24) is 15.1 Å². The van der Waals surface area contributed by atoms with Crippen LogP contribution in [0.15, 0.2) is 29.3 Å². The maximum absolute atomic E-state index is 13.9. The summed E-state index contributed by atoms with van der Waals surface area (Å²) in [4.78, 5) is 23.1. The lowest BCUT2D eigenvalue weighted by atomic mass is 10.1. The van der Waals surface area contributed by atoms with E-state index in [2.05, 4.69) is 20.5 Å². The maximum Gasteiger partial charge on any atom is 0.427 e. The molecule has 2 N–H and O–H groups in total. The summed E-state index contributed by atoms with van der Waals surface area (Å²) in [5.41, 5.74) is -3.12. The first-order valence-corrected chi connectivity index (χ1v) is 13.5.